The van der Waals surface area contributed by atoms with E-state index < -0.39 is 17.4 Å². The summed E-state index contributed by atoms with van der Waals surface area (Å²) in [4.78, 5) is 42.4. The van der Waals surface area contributed by atoms with E-state index >= 15 is 0 Å². The van der Waals surface area contributed by atoms with Crippen molar-refractivity contribution >= 4 is 23.5 Å². The molecule has 2 saturated heterocycles. The maximum Gasteiger partial charge on any atom is 0.330 e. The highest BCUT2D eigenvalue weighted by molar-refractivity contribution is 6.20. The fourth-order valence-electron chi connectivity index (χ4n) is 4.82. The normalized spacial score (nSPS) is 27.4. The summed E-state index contributed by atoms with van der Waals surface area (Å²) < 4.78 is 5.05. The van der Waals surface area contributed by atoms with Crippen molar-refractivity contribution in [3.63, 3.8) is 0 Å². The van der Waals surface area contributed by atoms with Crippen molar-refractivity contribution in [1.82, 2.24) is 10.2 Å². The number of barbiturate groups is 1. The van der Waals surface area contributed by atoms with Crippen LogP contribution in [0.25, 0.3) is 0 Å². The van der Waals surface area contributed by atoms with Gasteiger partial charge in [0.05, 0.1) is 6.04 Å². The highest BCUT2D eigenvalue weighted by Crippen LogP contribution is 2.47. The van der Waals surface area contributed by atoms with E-state index in [9.17, 15) is 14.4 Å². The van der Waals surface area contributed by atoms with Crippen LogP contribution in [0.4, 0.5) is 10.5 Å². The number of methoxy groups -OCH3 is 1. The fraction of sp³-hybridized carbons (Fsp3) is 0.550. The van der Waals surface area contributed by atoms with Crippen molar-refractivity contribution in [2.75, 3.05) is 31.7 Å². The van der Waals surface area contributed by atoms with E-state index in [-0.39, 0.29) is 18.5 Å². The molecule has 2 atom stereocenters. The van der Waals surface area contributed by atoms with E-state index in [1.54, 1.807) is 7.11 Å². The van der Waals surface area contributed by atoms with Crippen LogP contribution in [0.3, 0.4) is 0 Å². The SMILES string of the molecule is COCCCN1C(=O)NC(=O)[C@@]2(Cc3ccccc3N3CCCC[C@@H]32)C1=O. The van der Waals surface area contributed by atoms with Crippen LogP contribution in [0.2, 0.25) is 0 Å². The molecule has 0 aromatic heterocycles. The van der Waals surface area contributed by atoms with Gasteiger partial charge in [0.2, 0.25) is 11.8 Å². The van der Waals surface area contributed by atoms with E-state index in [0.717, 1.165) is 37.1 Å². The first-order valence-electron chi connectivity index (χ1n) is 9.60. The van der Waals surface area contributed by atoms with E-state index in [2.05, 4.69) is 16.3 Å². The standard InChI is InChI=1S/C20H25N3O4/c1-27-12-6-11-23-18(25)20(17(24)21-19(23)26)13-14-7-2-3-8-15(14)22-10-5-4-9-16(20)22/h2-3,7-8,16H,4-6,9-13H2,1H3,(H,21,24,26)/t16-,20+/m1/s1. The van der Waals surface area contributed by atoms with E-state index in [0.29, 0.717) is 19.4 Å². The molecular weight excluding hydrogens is 346 g/mol. The lowest BCUT2D eigenvalue weighted by Gasteiger charge is -2.53. The number of carbonyl (C=O) groups excluding carboxylic acids is 3. The van der Waals surface area contributed by atoms with Gasteiger partial charge in [0, 0.05) is 32.5 Å². The number of imide groups is 2. The van der Waals surface area contributed by atoms with Crippen molar-refractivity contribution in [2.24, 2.45) is 5.41 Å². The zero-order chi connectivity index (χ0) is 19.0. The van der Waals surface area contributed by atoms with E-state index in [1.165, 1.54) is 4.90 Å². The Morgan fingerprint density at radius 3 is 2.85 bits per heavy atom. The third-order valence-corrected chi connectivity index (χ3v) is 6.07. The Bertz CT molecular complexity index is 780. The Labute approximate surface area is 158 Å². The maximum atomic E-state index is 13.6. The number of benzene rings is 1. The number of hydrogen-bond donors (Lipinski definition) is 1. The third-order valence-electron chi connectivity index (χ3n) is 6.07. The van der Waals surface area contributed by atoms with Gasteiger partial charge in [-0.1, -0.05) is 18.2 Å². The summed E-state index contributed by atoms with van der Waals surface area (Å²) in [5, 5.41) is 2.47. The van der Waals surface area contributed by atoms with Gasteiger partial charge in [0.15, 0.2) is 5.41 Å². The second-order valence-corrected chi connectivity index (χ2v) is 7.54. The lowest BCUT2D eigenvalue weighted by Crippen LogP contribution is -2.72. The van der Waals surface area contributed by atoms with Crippen molar-refractivity contribution < 1.29 is 19.1 Å². The number of para-hydroxylation sites is 1. The number of fused-ring (bicyclic) bond motifs is 4. The molecule has 0 radical (unpaired) electrons. The Kier molecular flexibility index (Phi) is 4.63. The number of amides is 4. The van der Waals surface area contributed by atoms with Crippen LogP contribution in [0.1, 0.15) is 31.2 Å². The molecule has 0 saturated carbocycles. The summed E-state index contributed by atoms with van der Waals surface area (Å²) in [5.74, 6) is -0.814. The van der Waals surface area contributed by atoms with Gasteiger partial charge in [-0.2, -0.15) is 0 Å². The van der Waals surface area contributed by atoms with Crippen LogP contribution < -0.4 is 10.2 Å². The van der Waals surface area contributed by atoms with Gasteiger partial charge >= 0.3 is 6.03 Å². The Balaban J connectivity index is 1.75. The van der Waals surface area contributed by atoms with Crippen molar-refractivity contribution in [2.45, 2.75) is 38.1 Å². The molecule has 3 aliphatic rings. The number of nitrogens with one attached hydrogen (secondary N) is 1. The van der Waals surface area contributed by atoms with Gasteiger partial charge in [-0.05, 0) is 43.7 Å². The molecule has 4 amide bonds. The molecule has 3 aliphatic heterocycles. The van der Waals surface area contributed by atoms with Crippen LogP contribution >= 0.6 is 0 Å². The lowest BCUT2D eigenvalue weighted by atomic mass is 9.66. The molecule has 3 heterocycles. The number of piperidine rings is 1. The monoisotopic (exact) mass is 371 g/mol. The Morgan fingerprint density at radius 1 is 1.22 bits per heavy atom. The van der Waals surface area contributed by atoms with Crippen LogP contribution in [-0.4, -0.2) is 55.6 Å². The van der Waals surface area contributed by atoms with Crippen LogP contribution in [0.15, 0.2) is 24.3 Å². The number of hydrogen-bond acceptors (Lipinski definition) is 5. The molecule has 7 heteroatoms. The smallest absolute Gasteiger partial charge is 0.330 e. The molecule has 144 valence electrons. The predicted octanol–water partition coefficient (Wildman–Crippen LogP) is 1.70. The zero-order valence-electron chi connectivity index (χ0n) is 15.6. The van der Waals surface area contributed by atoms with Crippen LogP contribution in [0.5, 0.6) is 0 Å². The second kappa shape index (κ2) is 6.96. The molecule has 4 rings (SSSR count). The molecule has 2 fully saturated rings. The van der Waals surface area contributed by atoms with Crippen molar-refractivity contribution in [3.05, 3.63) is 29.8 Å². The summed E-state index contributed by atoms with van der Waals surface area (Å²) in [6.07, 6.45) is 3.66. The number of anilines is 1. The molecule has 1 aromatic rings. The van der Waals surface area contributed by atoms with Gasteiger partial charge in [-0.3, -0.25) is 19.8 Å². The molecule has 0 aliphatic carbocycles. The Morgan fingerprint density at radius 2 is 2.04 bits per heavy atom. The molecule has 1 aromatic carbocycles. The van der Waals surface area contributed by atoms with Gasteiger partial charge in [-0.15, -0.1) is 0 Å². The van der Waals surface area contributed by atoms with Crippen LogP contribution in [-0.2, 0) is 20.7 Å². The second-order valence-electron chi connectivity index (χ2n) is 7.54. The van der Waals surface area contributed by atoms with Crippen LogP contribution in [0, 0.1) is 5.41 Å². The number of rotatable bonds is 4. The number of urea groups is 1. The third kappa shape index (κ3) is 2.72. The molecule has 7 nitrogen and oxygen atoms in total. The summed E-state index contributed by atoms with van der Waals surface area (Å²) in [5.41, 5.74) is 0.858. The average molecular weight is 371 g/mol. The maximum absolute atomic E-state index is 13.6. The summed E-state index contributed by atoms with van der Waals surface area (Å²) >= 11 is 0. The molecule has 0 unspecified atom stereocenters. The van der Waals surface area contributed by atoms with E-state index in [4.69, 9.17) is 4.74 Å². The number of nitrogens with zero attached hydrogens (tertiary/aromatic N) is 2. The van der Waals surface area contributed by atoms with Gasteiger partial charge in [0.25, 0.3) is 0 Å². The number of carbonyl (C=O) groups is 3. The van der Waals surface area contributed by atoms with Crippen molar-refractivity contribution in [3.8, 4) is 0 Å². The molecule has 0 bridgehead atoms. The summed E-state index contributed by atoms with van der Waals surface area (Å²) in [6.45, 7) is 1.53. The quantitative estimate of drug-likeness (QED) is 0.644. The summed E-state index contributed by atoms with van der Waals surface area (Å²) in [6, 6.07) is 7.14. The Hall–Kier alpha value is -2.41. The van der Waals surface area contributed by atoms with Gasteiger partial charge in [0.1, 0.15) is 0 Å². The van der Waals surface area contributed by atoms with E-state index in [1.807, 2.05) is 18.2 Å². The predicted molar refractivity (Wildman–Crippen MR) is 99.3 cm³/mol. The highest BCUT2D eigenvalue weighted by atomic mass is 16.5. The zero-order valence-corrected chi connectivity index (χ0v) is 15.6. The summed E-state index contributed by atoms with van der Waals surface area (Å²) in [7, 11) is 1.58. The minimum Gasteiger partial charge on any atom is -0.385 e. The van der Waals surface area contributed by atoms with Crippen molar-refractivity contribution in [1.29, 1.82) is 0 Å². The average Bonchev–Trinajstić information content (AvgIpc) is 2.69. The first-order chi connectivity index (χ1) is 13.1. The fourth-order valence-corrected chi connectivity index (χ4v) is 4.82. The largest absolute Gasteiger partial charge is 0.385 e. The van der Waals surface area contributed by atoms with Gasteiger partial charge < -0.3 is 9.64 Å². The molecule has 1 spiro atoms. The number of ether oxygens (including phenoxy) is 1. The molecule has 27 heavy (non-hydrogen) atoms. The lowest BCUT2D eigenvalue weighted by molar-refractivity contribution is -0.154. The molecular formula is C20H25N3O4. The topological polar surface area (TPSA) is 79.0 Å². The minimum atomic E-state index is -1.24. The first-order valence-corrected chi connectivity index (χ1v) is 9.60. The molecule has 1 N–H and O–H groups in total. The minimum absolute atomic E-state index is 0.216. The first kappa shape index (κ1) is 18.0. The highest BCUT2D eigenvalue weighted by Gasteiger charge is 2.61. The van der Waals surface area contributed by atoms with Gasteiger partial charge in [-0.25, -0.2) is 4.79 Å².